The molecule has 0 saturated heterocycles. The summed E-state index contributed by atoms with van der Waals surface area (Å²) in [6, 6.07) is 12.6. The molecule has 0 atom stereocenters. The summed E-state index contributed by atoms with van der Waals surface area (Å²) >= 11 is 6.71. The van der Waals surface area contributed by atoms with Crippen LogP contribution in [0, 0.1) is 12.3 Å². The van der Waals surface area contributed by atoms with E-state index in [1.165, 1.54) is 6.21 Å². The molecule has 0 aliphatic rings. The largest absolute Gasteiger partial charge is 0.484 e. The van der Waals surface area contributed by atoms with Crippen LogP contribution in [-0.4, -0.2) is 25.3 Å². The Morgan fingerprint density at radius 1 is 1.20 bits per heavy atom. The number of benzene rings is 2. The number of hydrogen-bond acceptors (Lipinski definition) is 4. The minimum Gasteiger partial charge on any atom is -0.484 e. The number of halogens is 2. The lowest BCUT2D eigenvalue weighted by molar-refractivity contribution is -0.123. The third kappa shape index (κ3) is 6.61. The van der Waals surface area contributed by atoms with Crippen LogP contribution in [0.5, 0.6) is 11.5 Å². The lowest BCUT2D eigenvalue weighted by Crippen LogP contribution is -2.24. The Morgan fingerprint density at radius 2 is 2.00 bits per heavy atom. The number of carbonyl (C=O) groups excluding carboxylic acids is 1. The highest BCUT2D eigenvalue weighted by Crippen LogP contribution is 2.21. The Kier molecular flexibility index (Phi) is 7.51. The van der Waals surface area contributed by atoms with Crippen molar-refractivity contribution in [1.82, 2.24) is 5.43 Å². The van der Waals surface area contributed by atoms with Gasteiger partial charge in [0.25, 0.3) is 5.91 Å². The van der Waals surface area contributed by atoms with E-state index in [0.717, 1.165) is 8.95 Å². The molecule has 1 amide bonds. The molecule has 0 fully saturated rings. The second-order valence-electron chi connectivity index (χ2n) is 4.71. The maximum absolute atomic E-state index is 11.8. The summed E-state index contributed by atoms with van der Waals surface area (Å²) in [4.78, 5) is 11.8. The van der Waals surface area contributed by atoms with E-state index in [2.05, 4.69) is 48.3 Å². The first kappa shape index (κ1) is 19.0. The van der Waals surface area contributed by atoms with Gasteiger partial charge in [0, 0.05) is 14.5 Å². The average Bonchev–Trinajstić information content (AvgIpc) is 2.59. The van der Waals surface area contributed by atoms with Gasteiger partial charge in [-0.05, 0) is 36.4 Å². The SMILES string of the molecule is C#CCOc1ccc(Br)cc1/C=N\NC(=O)COc1cccc(Br)c1. The van der Waals surface area contributed by atoms with Crippen LogP contribution in [0.15, 0.2) is 56.5 Å². The van der Waals surface area contributed by atoms with Crippen molar-refractivity contribution < 1.29 is 14.3 Å². The number of hydrazone groups is 1. The van der Waals surface area contributed by atoms with Crippen molar-refractivity contribution in [2.75, 3.05) is 13.2 Å². The highest BCUT2D eigenvalue weighted by molar-refractivity contribution is 9.10. The van der Waals surface area contributed by atoms with Gasteiger partial charge in [0.05, 0.1) is 6.21 Å². The van der Waals surface area contributed by atoms with Gasteiger partial charge in [-0.1, -0.05) is 43.8 Å². The van der Waals surface area contributed by atoms with Crippen LogP contribution in [0.4, 0.5) is 0 Å². The van der Waals surface area contributed by atoms with Crippen molar-refractivity contribution in [1.29, 1.82) is 0 Å². The van der Waals surface area contributed by atoms with Crippen LogP contribution in [0.3, 0.4) is 0 Å². The van der Waals surface area contributed by atoms with Crippen molar-refractivity contribution in [3.8, 4) is 23.8 Å². The first-order valence-corrected chi connectivity index (χ1v) is 8.73. The maximum atomic E-state index is 11.8. The third-order valence-electron chi connectivity index (χ3n) is 2.84. The van der Waals surface area contributed by atoms with Gasteiger partial charge in [0.2, 0.25) is 0 Å². The number of hydrogen-bond donors (Lipinski definition) is 1. The summed E-state index contributed by atoms with van der Waals surface area (Å²) in [5.41, 5.74) is 3.08. The fourth-order valence-electron chi connectivity index (χ4n) is 1.78. The Labute approximate surface area is 162 Å². The zero-order chi connectivity index (χ0) is 18.1. The van der Waals surface area contributed by atoms with E-state index in [1.54, 1.807) is 24.3 Å². The summed E-state index contributed by atoms with van der Waals surface area (Å²) in [7, 11) is 0. The van der Waals surface area contributed by atoms with E-state index >= 15 is 0 Å². The van der Waals surface area contributed by atoms with E-state index in [-0.39, 0.29) is 19.1 Å². The first-order valence-electron chi connectivity index (χ1n) is 7.14. The molecular weight excluding hydrogens is 452 g/mol. The van der Waals surface area contributed by atoms with Crippen molar-refractivity contribution in [3.63, 3.8) is 0 Å². The number of ether oxygens (including phenoxy) is 2. The predicted molar refractivity (Wildman–Crippen MR) is 104 cm³/mol. The third-order valence-corrected chi connectivity index (χ3v) is 3.83. The molecule has 2 aromatic rings. The van der Waals surface area contributed by atoms with Crippen LogP contribution in [0.1, 0.15) is 5.56 Å². The van der Waals surface area contributed by atoms with Crippen LogP contribution in [-0.2, 0) is 4.79 Å². The number of rotatable bonds is 7. The monoisotopic (exact) mass is 464 g/mol. The zero-order valence-corrected chi connectivity index (χ0v) is 16.2. The van der Waals surface area contributed by atoms with Gasteiger partial charge in [-0.3, -0.25) is 4.79 Å². The molecule has 0 aliphatic heterocycles. The van der Waals surface area contributed by atoms with Gasteiger partial charge in [-0.2, -0.15) is 5.10 Å². The Hall–Kier alpha value is -2.30. The number of amides is 1. The van der Waals surface area contributed by atoms with Gasteiger partial charge in [-0.25, -0.2) is 5.43 Å². The Bertz CT molecular complexity index is 816. The second-order valence-corrected chi connectivity index (χ2v) is 6.55. The topological polar surface area (TPSA) is 59.9 Å². The molecule has 0 spiro atoms. The molecular formula is C18H14Br2N2O3. The molecule has 0 bridgehead atoms. The summed E-state index contributed by atoms with van der Waals surface area (Å²) in [5.74, 6) is 3.19. The molecule has 0 radical (unpaired) electrons. The minimum absolute atomic E-state index is 0.146. The van der Waals surface area contributed by atoms with Gasteiger partial charge < -0.3 is 9.47 Å². The van der Waals surface area contributed by atoms with Crippen LogP contribution < -0.4 is 14.9 Å². The lowest BCUT2D eigenvalue weighted by atomic mass is 10.2. The van der Waals surface area contributed by atoms with Crippen LogP contribution >= 0.6 is 31.9 Å². The summed E-state index contributed by atoms with van der Waals surface area (Å²) < 4.78 is 12.5. The summed E-state index contributed by atoms with van der Waals surface area (Å²) in [6.45, 7) is 0.00202. The fourth-order valence-corrected chi connectivity index (χ4v) is 2.54. The number of nitrogens with zero attached hydrogens (tertiary/aromatic N) is 1. The molecule has 2 aromatic carbocycles. The average molecular weight is 466 g/mol. The number of nitrogens with one attached hydrogen (secondary N) is 1. The lowest BCUT2D eigenvalue weighted by Gasteiger charge is -2.07. The number of terminal acetylenes is 1. The summed E-state index contributed by atoms with van der Waals surface area (Å²) in [5, 5.41) is 3.91. The van der Waals surface area contributed by atoms with E-state index in [1.807, 2.05) is 18.2 Å². The second kappa shape index (κ2) is 9.87. The van der Waals surface area contributed by atoms with Crippen molar-refractivity contribution in [3.05, 3.63) is 57.0 Å². The van der Waals surface area contributed by atoms with Crippen molar-refractivity contribution in [2.45, 2.75) is 0 Å². The van der Waals surface area contributed by atoms with E-state index in [9.17, 15) is 4.79 Å². The van der Waals surface area contributed by atoms with Crippen molar-refractivity contribution in [2.24, 2.45) is 5.10 Å². The minimum atomic E-state index is -0.377. The first-order chi connectivity index (χ1) is 12.1. The smallest absolute Gasteiger partial charge is 0.277 e. The van der Waals surface area contributed by atoms with Crippen LogP contribution in [0.2, 0.25) is 0 Å². The molecule has 0 aliphatic carbocycles. The molecule has 0 aromatic heterocycles. The molecule has 0 saturated carbocycles. The molecule has 128 valence electrons. The molecule has 0 heterocycles. The Morgan fingerprint density at radius 3 is 2.76 bits per heavy atom. The van der Waals surface area contributed by atoms with E-state index < -0.39 is 0 Å². The molecule has 7 heteroatoms. The highest BCUT2D eigenvalue weighted by atomic mass is 79.9. The van der Waals surface area contributed by atoms with Gasteiger partial charge in [0.15, 0.2) is 6.61 Å². The Balaban J connectivity index is 1.90. The molecule has 25 heavy (non-hydrogen) atoms. The maximum Gasteiger partial charge on any atom is 0.277 e. The number of carbonyl (C=O) groups is 1. The highest BCUT2D eigenvalue weighted by Gasteiger charge is 2.04. The predicted octanol–water partition coefficient (Wildman–Crippen LogP) is 3.75. The zero-order valence-electron chi connectivity index (χ0n) is 13.0. The van der Waals surface area contributed by atoms with Gasteiger partial charge in [0.1, 0.15) is 18.1 Å². The van der Waals surface area contributed by atoms with E-state index in [0.29, 0.717) is 17.1 Å². The fraction of sp³-hybridized carbons (Fsp3) is 0.111. The molecule has 1 N–H and O–H groups in total. The summed E-state index contributed by atoms with van der Waals surface area (Å²) in [6.07, 6.45) is 6.67. The van der Waals surface area contributed by atoms with E-state index in [4.69, 9.17) is 15.9 Å². The van der Waals surface area contributed by atoms with Crippen LogP contribution in [0.25, 0.3) is 0 Å². The molecule has 0 unspecified atom stereocenters. The van der Waals surface area contributed by atoms with Gasteiger partial charge >= 0.3 is 0 Å². The van der Waals surface area contributed by atoms with Gasteiger partial charge in [-0.15, -0.1) is 6.42 Å². The standard InChI is InChI=1S/C18H14Br2N2O3/c1-2-8-24-17-7-6-15(20)9-13(17)11-21-22-18(23)12-25-16-5-3-4-14(19)10-16/h1,3-7,9-11H,8,12H2,(H,22,23)/b21-11-. The normalized spacial score (nSPS) is 10.3. The quantitative estimate of drug-likeness (QED) is 0.385. The molecule has 2 rings (SSSR count). The molecule has 5 nitrogen and oxygen atoms in total. The van der Waals surface area contributed by atoms with Crippen molar-refractivity contribution >= 4 is 44.0 Å².